The molecule has 0 aliphatic heterocycles. The van der Waals surface area contributed by atoms with E-state index >= 15 is 0 Å². The minimum Gasteiger partial charge on any atom is -0.421 e. The van der Waals surface area contributed by atoms with E-state index in [1.807, 2.05) is 6.92 Å². The number of rotatable bonds is 6. The highest BCUT2D eigenvalue weighted by Gasteiger charge is 2.21. The van der Waals surface area contributed by atoms with Crippen LogP contribution in [0.25, 0.3) is 11.0 Å². The summed E-state index contributed by atoms with van der Waals surface area (Å²) in [4.78, 5) is 12.4. The highest BCUT2D eigenvalue weighted by atomic mass is 35.5. The van der Waals surface area contributed by atoms with E-state index in [0.717, 1.165) is 6.42 Å². The molecule has 1 heterocycles. The molecule has 26 heavy (non-hydrogen) atoms. The van der Waals surface area contributed by atoms with Gasteiger partial charge < -0.3 is 9.73 Å². The lowest BCUT2D eigenvalue weighted by molar-refractivity contribution is 0.563. The Morgan fingerprint density at radius 1 is 1.04 bits per heavy atom. The molecule has 0 radical (unpaired) electrons. The van der Waals surface area contributed by atoms with Crippen LogP contribution < -0.4 is 15.7 Å². The van der Waals surface area contributed by atoms with Crippen LogP contribution in [0.1, 0.15) is 13.3 Å². The van der Waals surface area contributed by atoms with Gasteiger partial charge in [-0.2, -0.15) is 0 Å². The number of hydrogen-bond acceptors (Lipinski definition) is 5. The highest BCUT2D eigenvalue weighted by Crippen LogP contribution is 2.30. The van der Waals surface area contributed by atoms with Crippen LogP contribution in [0.15, 0.2) is 62.6 Å². The molecular weight excluding hydrogens is 376 g/mol. The minimum absolute atomic E-state index is 0.00380. The van der Waals surface area contributed by atoms with Gasteiger partial charge in [0.25, 0.3) is 10.0 Å². The number of nitrogens with one attached hydrogen (secondary N) is 2. The summed E-state index contributed by atoms with van der Waals surface area (Å²) >= 11 is 5.80. The van der Waals surface area contributed by atoms with Gasteiger partial charge in [-0.15, -0.1) is 0 Å². The zero-order valence-corrected chi connectivity index (χ0v) is 15.5. The van der Waals surface area contributed by atoms with Gasteiger partial charge in [-0.1, -0.05) is 30.7 Å². The molecule has 3 aromatic rings. The van der Waals surface area contributed by atoms with E-state index in [1.54, 1.807) is 24.3 Å². The molecule has 1 aromatic heterocycles. The topological polar surface area (TPSA) is 88.4 Å². The van der Waals surface area contributed by atoms with Crippen molar-refractivity contribution in [2.24, 2.45) is 0 Å². The van der Waals surface area contributed by atoms with Gasteiger partial charge in [0.1, 0.15) is 5.58 Å². The normalized spacial score (nSPS) is 11.5. The Kier molecular flexibility index (Phi) is 5.20. The van der Waals surface area contributed by atoms with E-state index in [9.17, 15) is 13.2 Å². The molecule has 0 saturated carbocycles. The Hall–Kier alpha value is -2.51. The van der Waals surface area contributed by atoms with Crippen molar-refractivity contribution in [3.63, 3.8) is 0 Å². The quantitative estimate of drug-likeness (QED) is 0.617. The molecule has 6 nitrogen and oxygen atoms in total. The first-order valence-corrected chi connectivity index (χ1v) is 9.86. The summed E-state index contributed by atoms with van der Waals surface area (Å²) in [5, 5.41) is 4.16. The van der Waals surface area contributed by atoms with Crippen LogP contribution >= 0.6 is 11.6 Å². The highest BCUT2D eigenvalue weighted by molar-refractivity contribution is 7.92. The molecule has 2 N–H and O–H groups in total. The smallest absolute Gasteiger partial charge is 0.363 e. The van der Waals surface area contributed by atoms with Gasteiger partial charge >= 0.3 is 5.63 Å². The molecule has 0 aliphatic rings. The average molecular weight is 393 g/mol. The molecule has 0 spiro atoms. The molecule has 0 fully saturated rings. The Morgan fingerprint density at radius 3 is 2.42 bits per heavy atom. The van der Waals surface area contributed by atoms with Gasteiger partial charge in [0.15, 0.2) is 5.69 Å². The van der Waals surface area contributed by atoms with Gasteiger partial charge in [-0.25, -0.2) is 13.2 Å². The molecular formula is C18H17ClN2O4S. The molecule has 0 unspecified atom stereocenters. The molecule has 0 bridgehead atoms. The number of para-hydroxylation sites is 1. The third-order valence-corrected chi connectivity index (χ3v) is 5.34. The molecule has 8 heteroatoms. The first kappa shape index (κ1) is 18.3. The molecule has 0 amide bonds. The minimum atomic E-state index is -3.98. The maximum atomic E-state index is 12.7. The van der Waals surface area contributed by atoms with E-state index in [0.29, 0.717) is 28.2 Å². The third kappa shape index (κ3) is 3.68. The van der Waals surface area contributed by atoms with Gasteiger partial charge in [-0.05, 0) is 42.8 Å². The fraction of sp³-hybridized carbons (Fsp3) is 0.167. The van der Waals surface area contributed by atoms with Crippen LogP contribution in [0, 0.1) is 0 Å². The summed E-state index contributed by atoms with van der Waals surface area (Å²) in [6.45, 7) is 2.54. The van der Waals surface area contributed by atoms with Crippen molar-refractivity contribution in [3.8, 4) is 0 Å². The molecule has 3 rings (SSSR count). The number of halogens is 1. The van der Waals surface area contributed by atoms with Crippen molar-refractivity contribution in [1.82, 2.24) is 0 Å². The van der Waals surface area contributed by atoms with Crippen LogP contribution in [0.4, 0.5) is 11.4 Å². The zero-order chi connectivity index (χ0) is 18.7. The second-order valence-electron chi connectivity index (χ2n) is 5.62. The van der Waals surface area contributed by atoms with Gasteiger partial charge in [0, 0.05) is 17.0 Å². The van der Waals surface area contributed by atoms with E-state index in [4.69, 9.17) is 16.0 Å². The lowest BCUT2D eigenvalue weighted by Crippen LogP contribution is -2.20. The van der Waals surface area contributed by atoms with Crippen molar-refractivity contribution < 1.29 is 12.8 Å². The molecule has 0 aliphatic carbocycles. The van der Waals surface area contributed by atoms with E-state index in [2.05, 4.69) is 10.0 Å². The first-order chi connectivity index (χ1) is 12.4. The fourth-order valence-electron chi connectivity index (χ4n) is 2.48. The maximum Gasteiger partial charge on any atom is 0.363 e. The molecule has 136 valence electrons. The number of anilines is 2. The van der Waals surface area contributed by atoms with Gasteiger partial charge in [0.2, 0.25) is 0 Å². The summed E-state index contributed by atoms with van der Waals surface area (Å²) in [7, 11) is -3.98. The zero-order valence-electron chi connectivity index (χ0n) is 14.0. The van der Waals surface area contributed by atoms with Crippen LogP contribution in [-0.4, -0.2) is 15.0 Å². The predicted molar refractivity (Wildman–Crippen MR) is 104 cm³/mol. The largest absolute Gasteiger partial charge is 0.421 e. The second kappa shape index (κ2) is 7.39. The third-order valence-electron chi connectivity index (χ3n) is 3.73. The molecule has 2 aromatic carbocycles. The standard InChI is InChI=1S/C18H17ClN2O4S/c1-2-11-20-16-14-5-3-4-6-15(14)25-18(22)17(16)21-26(23,24)13-9-7-12(19)8-10-13/h3-10,20-21H,2,11H2,1H3. The van der Waals surface area contributed by atoms with Crippen molar-refractivity contribution >= 4 is 44.0 Å². The maximum absolute atomic E-state index is 12.7. The summed E-state index contributed by atoms with van der Waals surface area (Å²) in [5.74, 6) is 0. The van der Waals surface area contributed by atoms with Gasteiger partial charge in [0.05, 0.1) is 10.6 Å². The predicted octanol–water partition coefficient (Wildman–Crippen LogP) is 4.07. The van der Waals surface area contributed by atoms with Crippen molar-refractivity contribution in [2.45, 2.75) is 18.2 Å². The fourth-order valence-corrected chi connectivity index (χ4v) is 3.68. The number of hydrogen-bond donors (Lipinski definition) is 2. The Morgan fingerprint density at radius 2 is 1.73 bits per heavy atom. The van der Waals surface area contributed by atoms with Crippen molar-refractivity contribution in [3.05, 3.63) is 64.0 Å². The molecule has 0 atom stereocenters. The second-order valence-corrected chi connectivity index (χ2v) is 7.74. The van der Waals surface area contributed by atoms with Gasteiger partial charge in [-0.3, -0.25) is 4.72 Å². The monoisotopic (exact) mass is 392 g/mol. The Balaban J connectivity index is 2.13. The number of sulfonamides is 1. The summed E-state index contributed by atoms with van der Waals surface area (Å²) in [5.41, 5.74) is -0.131. The lowest BCUT2D eigenvalue weighted by atomic mass is 10.2. The van der Waals surface area contributed by atoms with Crippen LogP contribution in [0.3, 0.4) is 0 Å². The van der Waals surface area contributed by atoms with Crippen LogP contribution in [0.2, 0.25) is 5.02 Å². The lowest BCUT2D eigenvalue weighted by Gasteiger charge is -2.15. The van der Waals surface area contributed by atoms with Crippen LogP contribution in [0.5, 0.6) is 0 Å². The average Bonchev–Trinajstić information content (AvgIpc) is 2.62. The van der Waals surface area contributed by atoms with E-state index in [-0.39, 0.29) is 10.6 Å². The SMILES string of the molecule is CCCNc1c(NS(=O)(=O)c2ccc(Cl)cc2)c(=O)oc2ccccc12. The number of benzene rings is 2. The Labute approximate surface area is 155 Å². The summed E-state index contributed by atoms with van der Waals surface area (Å²) < 4.78 is 33.0. The van der Waals surface area contributed by atoms with Crippen LogP contribution in [-0.2, 0) is 10.0 Å². The Bertz CT molecular complexity index is 1090. The summed E-state index contributed by atoms with van der Waals surface area (Å²) in [6, 6.07) is 12.6. The van der Waals surface area contributed by atoms with Crippen molar-refractivity contribution in [1.29, 1.82) is 0 Å². The van der Waals surface area contributed by atoms with E-state index in [1.165, 1.54) is 24.3 Å². The van der Waals surface area contributed by atoms with E-state index < -0.39 is 15.6 Å². The molecule has 0 saturated heterocycles. The summed E-state index contributed by atoms with van der Waals surface area (Å²) in [6.07, 6.45) is 0.804. The first-order valence-electron chi connectivity index (χ1n) is 8.00. The van der Waals surface area contributed by atoms with Crippen molar-refractivity contribution in [2.75, 3.05) is 16.6 Å². The number of fused-ring (bicyclic) bond motifs is 1.